The minimum Gasteiger partial charge on any atom is -0.295 e. The van der Waals surface area contributed by atoms with Crippen molar-refractivity contribution in [2.45, 2.75) is 112 Å². The van der Waals surface area contributed by atoms with Gasteiger partial charge in [0.2, 0.25) is 0 Å². The van der Waals surface area contributed by atoms with Crippen LogP contribution in [0.3, 0.4) is 0 Å². The molecule has 0 amide bonds. The standard InChI is InChI=1S/C29H46O/c1-7-13-29-16-12-22-20(26(29)25(18(2)3)23(30)17-29)8-9-24-27(5)14-10-19(4)21(27)11-15-28(22,24)6/h18-22,24H,7-17H2,1-6H3. The summed E-state index contributed by atoms with van der Waals surface area (Å²) in [6.07, 6.45) is 14.6. The fraction of sp³-hybridized carbons (Fsp3) is 0.897. The minimum atomic E-state index is 0.235. The molecular weight excluding hydrogens is 364 g/mol. The van der Waals surface area contributed by atoms with Crippen molar-refractivity contribution in [2.75, 3.05) is 0 Å². The van der Waals surface area contributed by atoms with Crippen molar-refractivity contribution >= 4 is 5.78 Å². The lowest BCUT2D eigenvalue weighted by molar-refractivity contribution is -0.134. The van der Waals surface area contributed by atoms with Crippen LogP contribution in [0.25, 0.3) is 0 Å². The van der Waals surface area contributed by atoms with Gasteiger partial charge in [0.15, 0.2) is 5.78 Å². The lowest BCUT2D eigenvalue weighted by atomic mass is 9.40. The largest absolute Gasteiger partial charge is 0.295 e. The smallest absolute Gasteiger partial charge is 0.159 e. The van der Waals surface area contributed by atoms with Gasteiger partial charge in [-0.2, -0.15) is 0 Å². The van der Waals surface area contributed by atoms with Gasteiger partial charge in [0.1, 0.15) is 0 Å². The number of fused-ring (bicyclic) bond motifs is 7. The monoisotopic (exact) mass is 410 g/mol. The molecule has 1 heteroatoms. The van der Waals surface area contributed by atoms with Crippen LogP contribution in [-0.2, 0) is 4.79 Å². The van der Waals surface area contributed by atoms with Gasteiger partial charge in [0, 0.05) is 6.42 Å². The summed E-state index contributed by atoms with van der Waals surface area (Å²) in [7, 11) is 0. The molecule has 1 nitrogen and oxygen atoms in total. The molecule has 0 aromatic carbocycles. The van der Waals surface area contributed by atoms with Crippen LogP contribution in [0.5, 0.6) is 0 Å². The Kier molecular flexibility index (Phi) is 4.93. The molecule has 5 aliphatic carbocycles. The van der Waals surface area contributed by atoms with E-state index in [9.17, 15) is 4.79 Å². The molecular formula is C29H46O. The van der Waals surface area contributed by atoms with Gasteiger partial charge in [-0.3, -0.25) is 4.79 Å². The minimum absolute atomic E-state index is 0.235. The van der Waals surface area contributed by atoms with Crippen molar-refractivity contribution < 1.29 is 4.79 Å². The molecule has 8 unspecified atom stereocenters. The molecule has 4 saturated carbocycles. The molecule has 0 aliphatic heterocycles. The first-order valence-corrected chi connectivity index (χ1v) is 13.5. The molecule has 0 saturated heterocycles. The molecule has 8 atom stereocenters. The Labute approximate surface area is 185 Å². The van der Waals surface area contributed by atoms with E-state index in [4.69, 9.17) is 0 Å². The summed E-state index contributed by atoms with van der Waals surface area (Å²) < 4.78 is 0. The quantitative estimate of drug-likeness (QED) is 0.461. The highest BCUT2D eigenvalue weighted by molar-refractivity contribution is 6.00. The number of ketones is 1. The topological polar surface area (TPSA) is 17.1 Å². The maximum Gasteiger partial charge on any atom is 0.159 e. The lowest BCUT2D eigenvalue weighted by Crippen LogP contribution is -2.56. The van der Waals surface area contributed by atoms with Gasteiger partial charge < -0.3 is 0 Å². The van der Waals surface area contributed by atoms with E-state index in [-0.39, 0.29) is 5.41 Å². The fourth-order valence-corrected chi connectivity index (χ4v) is 10.6. The summed E-state index contributed by atoms with van der Waals surface area (Å²) >= 11 is 0. The first kappa shape index (κ1) is 21.3. The number of hydrogen-bond acceptors (Lipinski definition) is 1. The van der Waals surface area contributed by atoms with Crippen LogP contribution in [0.1, 0.15) is 112 Å². The normalized spacial score (nSPS) is 50.4. The second-order valence-corrected chi connectivity index (χ2v) is 13.2. The number of rotatable bonds is 3. The van der Waals surface area contributed by atoms with Gasteiger partial charge in [-0.25, -0.2) is 0 Å². The zero-order chi connectivity index (χ0) is 21.5. The maximum atomic E-state index is 13.3. The van der Waals surface area contributed by atoms with E-state index in [2.05, 4.69) is 41.5 Å². The number of carbonyl (C=O) groups excluding carboxylic acids is 1. The average Bonchev–Trinajstić information content (AvgIpc) is 3.14. The van der Waals surface area contributed by atoms with Crippen molar-refractivity contribution in [1.82, 2.24) is 0 Å². The fourth-order valence-electron chi connectivity index (χ4n) is 10.6. The predicted molar refractivity (Wildman–Crippen MR) is 125 cm³/mol. The molecule has 0 aromatic rings. The van der Waals surface area contributed by atoms with Gasteiger partial charge >= 0.3 is 0 Å². The van der Waals surface area contributed by atoms with Crippen LogP contribution in [0.2, 0.25) is 0 Å². The SMILES string of the molecule is CCCC12CCC3C(CCC4C5(C)CCC(C)C5CCC34C)C1=C(C(C)C)C(=O)C2. The Morgan fingerprint density at radius 2 is 1.60 bits per heavy atom. The van der Waals surface area contributed by atoms with E-state index in [0.717, 1.165) is 30.1 Å². The van der Waals surface area contributed by atoms with Crippen molar-refractivity contribution in [1.29, 1.82) is 0 Å². The number of Topliss-reactive ketones (excluding diaryl/α,β-unsaturated/α-hetero) is 1. The summed E-state index contributed by atoms with van der Waals surface area (Å²) in [6.45, 7) is 14.8. The Morgan fingerprint density at radius 3 is 2.30 bits per heavy atom. The number of carbonyl (C=O) groups is 1. The summed E-state index contributed by atoms with van der Waals surface area (Å²) in [5.74, 6) is 5.26. The molecule has 0 N–H and O–H groups in total. The first-order chi connectivity index (χ1) is 14.2. The van der Waals surface area contributed by atoms with Crippen LogP contribution >= 0.6 is 0 Å². The van der Waals surface area contributed by atoms with E-state index in [1.54, 1.807) is 5.57 Å². The lowest BCUT2D eigenvalue weighted by Gasteiger charge is -2.64. The molecule has 5 rings (SSSR count). The molecule has 5 aliphatic rings. The Bertz CT molecular complexity index is 760. The molecule has 168 valence electrons. The van der Waals surface area contributed by atoms with E-state index in [0.29, 0.717) is 28.4 Å². The van der Waals surface area contributed by atoms with E-state index >= 15 is 0 Å². The van der Waals surface area contributed by atoms with E-state index in [1.807, 2.05) is 0 Å². The van der Waals surface area contributed by atoms with Gasteiger partial charge in [0.25, 0.3) is 0 Å². The molecule has 0 spiro atoms. The molecule has 0 radical (unpaired) electrons. The van der Waals surface area contributed by atoms with Gasteiger partial charge in [-0.1, -0.05) is 53.5 Å². The van der Waals surface area contributed by atoms with Crippen LogP contribution in [0.4, 0.5) is 0 Å². The van der Waals surface area contributed by atoms with Crippen LogP contribution in [0.15, 0.2) is 11.1 Å². The molecule has 30 heavy (non-hydrogen) atoms. The summed E-state index contributed by atoms with van der Waals surface area (Å²) in [5.41, 5.74) is 4.30. The predicted octanol–water partition coefficient (Wildman–Crippen LogP) is 7.99. The zero-order valence-electron chi connectivity index (χ0n) is 20.7. The van der Waals surface area contributed by atoms with Gasteiger partial charge in [-0.05, 0) is 115 Å². The van der Waals surface area contributed by atoms with Crippen molar-refractivity contribution in [3.05, 3.63) is 11.1 Å². The Balaban J connectivity index is 1.56. The molecule has 0 bridgehead atoms. The summed E-state index contributed by atoms with van der Waals surface area (Å²) in [4.78, 5) is 13.3. The van der Waals surface area contributed by atoms with Crippen molar-refractivity contribution in [3.8, 4) is 0 Å². The number of allylic oxidation sites excluding steroid dienone is 2. The van der Waals surface area contributed by atoms with Crippen LogP contribution in [0, 0.1) is 51.8 Å². The van der Waals surface area contributed by atoms with Crippen molar-refractivity contribution in [3.63, 3.8) is 0 Å². The third-order valence-corrected chi connectivity index (χ3v) is 11.6. The molecule has 0 heterocycles. The average molecular weight is 411 g/mol. The maximum absolute atomic E-state index is 13.3. The molecule has 4 fully saturated rings. The van der Waals surface area contributed by atoms with E-state index < -0.39 is 0 Å². The highest BCUT2D eigenvalue weighted by Crippen LogP contribution is 2.72. The van der Waals surface area contributed by atoms with Gasteiger partial charge in [-0.15, -0.1) is 0 Å². The first-order valence-electron chi connectivity index (χ1n) is 13.5. The Morgan fingerprint density at radius 1 is 0.933 bits per heavy atom. The second kappa shape index (κ2) is 6.95. The van der Waals surface area contributed by atoms with Gasteiger partial charge in [0.05, 0.1) is 0 Å². The van der Waals surface area contributed by atoms with Crippen LogP contribution < -0.4 is 0 Å². The van der Waals surface area contributed by atoms with E-state index in [1.165, 1.54) is 69.8 Å². The number of hydrogen-bond donors (Lipinski definition) is 0. The highest BCUT2D eigenvalue weighted by Gasteiger charge is 2.64. The zero-order valence-corrected chi connectivity index (χ0v) is 20.7. The highest BCUT2D eigenvalue weighted by atomic mass is 16.1. The third-order valence-electron chi connectivity index (χ3n) is 11.6. The van der Waals surface area contributed by atoms with Crippen LogP contribution in [-0.4, -0.2) is 5.78 Å². The van der Waals surface area contributed by atoms with Crippen molar-refractivity contribution in [2.24, 2.45) is 51.8 Å². The summed E-state index contributed by atoms with van der Waals surface area (Å²) in [5, 5.41) is 0. The summed E-state index contributed by atoms with van der Waals surface area (Å²) in [6, 6.07) is 0. The molecule has 0 aromatic heterocycles. The Hall–Kier alpha value is -0.590. The third kappa shape index (κ3) is 2.62. The second-order valence-electron chi connectivity index (χ2n) is 13.2.